The fraction of sp³-hybridized carbons (Fsp3) is 0.160. The topological polar surface area (TPSA) is 95.5 Å². The largest absolute Gasteiger partial charge is 0.480 e. The van der Waals surface area contributed by atoms with Crippen LogP contribution >= 0.6 is 27.5 Å². The van der Waals surface area contributed by atoms with Gasteiger partial charge in [0.25, 0.3) is 11.8 Å². The van der Waals surface area contributed by atoms with Crippen LogP contribution in [0.1, 0.15) is 37.4 Å². The molecule has 0 saturated carbocycles. The van der Waals surface area contributed by atoms with Crippen LogP contribution in [0.15, 0.2) is 65.1 Å². The van der Waals surface area contributed by atoms with Crippen molar-refractivity contribution in [3.63, 3.8) is 0 Å². The zero-order valence-corrected chi connectivity index (χ0v) is 20.3. The second-order valence-electron chi connectivity index (χ2n) is 7.58. The Kier molecular flexibility index (Phi) is 7.89. The van der Waals surface area contributed by atoms with Gasteiger partial charge in [0, 0.05) is 16.6 Å². The molecule has 0 aliphatic carbocycles. The number of hydrogen-bond donors (Lipinski definition) is 3. The first kappa shape index (κ1) is 24.5. The van der Waals surface area contributed by atoms with Gasteiger partial charge >= 0.3 is 5.97 Å². The molecule has 0 bridgehead atoms. The van der Waals surface area contributed by atoms with Crippen LogP contribution in [-0.2, 0) is 11.2 Å². The van der Waals surface area contributed by atoms with Crippen LogP contribution in [0.3, 0.4) is 0 Å². The predicted molar refractivity (Wildman–Crippen MR) is 132 cm³/mol. The van der Waals surface area contributed by atoms with Crippen LogP contribution in [-0.4, -0.2) is 28.9 Å². The van der Waals surface area contributed by atoms with Crippen LogP contribution in [0.2, 0.25) is 5.02 Å². The molecule has 0 heterocycles. The number of halogens is 2. The summed E-state index contributed by atoms with van der Waals surface area (Å²) in [5, 5.41) is 15.4. The van der Waals surface area contributed by atoms with Crippen LogP contribution in [0, 0.1) is 13.8 Å². The Morgan fingerprint density at radius 2 is 1.52 bits per heavy atom. The van der Waals surface area contributed by atoms with Crippen LogP contribution in [0.5, 0.6) is 0 Å². The third-order valence-electron chi connectivity index (χ3n) is 5.15. The van der Waals surface area contributed by atoms with E-state index >= 15 is 0 Å². The maximum absolute atomic E-state index is 12.7. The molecule has 1 unspecified atom stereocenters. The number of carboxylic acid groups (broad SMARTS) is 1. The molecular weight excluding hydrogens is 508 g/mol. The third kappa shape index (κ3) is 6.00. The summed E-state index contributed by atoms with van der Waals surface area (Å²) in [6, 6.07) is 16.2. The number of hydrogen-bond acceptors (Lipinski definition) is 3. The van der Waals surface area contributed by atoms with Crippen molar-refractivity contribution < 1.29 is 19.5 Å². The molecule has 2 amide bonds. The van der Waals surface area contributed by atoms with Gasteiger partial charge < -0.3 is 15.7 Å². The van der Waals surface area contributed by atoms with Gasteiger partial charge in [-0.15, -0.1) is 0 Å². The molecule has 0 spiro atoms. The minimum absolute atomic E-state index is 0.0857. The monoisotopic (exact) mass is 528 g/mol. The van der Waals surface area contributed by atoms with E-state index in [1.807, 2.05) is 0 Å². The zero-order chi connectivity index (χ0) is 24.1. The van der Waals surface area contributed by atoms with Crippen molar-refractivity contribution in [3.8, 4) is 0 Å². The number of aryl methyl sites for hydroxylation is 2. The van der Waals surface area contributed by atoms with Gasteiger partial charge in [0.05, 0.1) is 16.1 Å². The second-order valence-corrected chi connectivity index (χ2v) is 8.84. The van der Waals surface area contributed by atoms with Crippen molar-refractivity contribution in [2.75, 3.05) is 5.32 Å². The van der Waals surface area contributed by atoms with Gasteiger partial charge in [-0.05, 0) is 70.7 Å². The van der Waals surface area contributed by atoms with Crippen LogP contribution < -0.4 is 10.6 Å². The van der Waals surface area contributed by atoms with E-state index in [0.717, 1.165) is 11.1 Å². The molecule has 0 aliphatic heterocycles. The molecule has 0 saturated heterocycles. The molecule has 33 heavy (non-hydrogen) atoms. The molecule has 8 heteroatoms. The number of carbonyl (C=O) groups excluding carboxylic acids is 2. The number of amides is 2. The van der Waals surface area contributed by atoms with E-state index in [2.05, 4.69) is 26.6 Å². The first-order valence-electron chi connectivity index (χ1n) is 10.1. The number of carboxylic acids is 1. The molecule has 0 aromatic heterocycles. The first-order valence-corrected chi connectivity index (χ1v) is 11.3. The Balaban J connectivity index is 1.70. The van der Waals surface area contributed by atoms with Crippen molar-refractivity contribution in [1.82, 2.24) is 5.32 Å². The Hall–Kier alpha value is -3.16. The van der Waals surface area contributed by atoms with Crippen LogP contribution in [0.25, 0.3) is 0 Å². The highest BCUT2D eigenvalue weighted by Crippen LogP contribution is 2.22. The SMILES string of the molecule is Cc1cccc(Cl)c1C(=O)Nc1ccc(CC(NC(=O)c2c(C)cccc2Br)C(=O)O)cc1. The quantitative estimate of drug-likeness (QED) is 0.382. The summed E-state index contributed by atoms with van der Waals surface area (Å²) in [6.07, 6.45) is 0.0857. The first-order chi connectivity index (χ1) is 15.7. The maximum atomic E-state index is 12.7. The lowest BCUT2D eigenvalue weighted by atomic mass is 10.0. The summed E-state index contributed by atoms with van der Waals surface area (Å²) in [4.78, 5) is 37.1. The molecular formula is C25H22BrClN2O4. The highest BCUT2D eigenvalue weighted by atomic mass is 79.9. The van der Waals surface area contributed by atoms with E-state index in [1.165, 1.54) is 0 Å². The Labute approximate surface area is 205 Å². The standard InChI is InChI=1S/C25H22BrClN2O4/c1-14-5-3-7-18(26)21(14)23(30)29-20(25(32)33)13-16-9-11-17(12-10-16)28-24(31)22-15(2)6-4-8-19(22)27/h3-12,20H,13H2,1-2H3,(H,28,31)(H,29,30)(H,32,33). The minimum Gasteiger partial charge on any atom is -0.480 e. The average Bonchev–Trinajstić information content (AvgIpc) is 2.74. The lowest BCUT2D eigenvalue weighted by molar-refractivity contribution is -0.139. The summed E-state index contributed by atoms with van der Waals surface area (Å²) in [6.45, 7) is 3.59. The summed E-state index contributed by atoms with van der Waals surface area (Å²) >= 11 is 9.50. The number of anilines is 1. The van der Waals surface area contributed by atoms with Crippen molar-refractivity contribution in [3.05, 3.63) is 98.0 Å². The Bertz CT molecular complexity index is 1170. The molecule has 3 N–H and O–H groups in total. The van der Waals surface area contributed by atoms with Gasteiger partial charge in [-0.2, -0.15) is 0 Å². The van der Waals surface area contributed by atoms with Crippen molar-refractivity contribution in [2.24, 2.45) is 0 Å². The van der Waals surface area contributed by atoms with Gasteiger partial charge in [-0.1, -0.05) is 48.0 Å². The van der Waals surface area contributed by atoms with Gasteiger partial charge in [0.2, 0.25) is 0 Å². The van der Waals surface area contributed by atoms with Crippen molar-refractivity contribution in [1.29, 1.82) is 0 Å². The lowest BCUT2D eigenvalue weighted by Crippen LogP contribution is -2.42. The number of rotatable bonds is 7. The number of nitrogens with one attached hydrogen (secondary N) is 2. The number of carbonyl (C=O) groups is 3. The van der Waals surface area contributed by atoms with Crippen molar-refractivity contribution >= 4 is 51.0 Å². The van der Waals surface area contributed by atoms with Gasteiger partial charge in [0.15, 0.2) is 0 Å². The van der Waals surface area contributed by atoms with Crippen LogP contribution in [0.4, 0.5) is 5.69 Å². The molecule has 0 fully saturated rings. The minimum atomic E-state index is -1.14. The maximum Gasteiger partial charge on any atom is 0.326 e. The van der Waals surface area contributed by atoms with E-state index in [-0.39, 0.29) is 12.3 Å². The normalized spacial score (nSPS) is 11.5. The van der Waals surface area contributed by atoms with Gasteiger partial charge in [0.1, 0.15) is 6.04 Å². The fourth-order valence-electron chi connectivity index (χ4n) is 3.42. The highest BCUT2D eigenvalue weighted by Gasteiger charge is 2.23. The molecule has 1 atom stereocenters. The average molecular weight is 530 g/mol. The predicted octanol–water partition coefficient (Wildman–Crippen LogP) is 5.40. The molecule has 3 rings (SSSR count). The lowest BCUT2D eigenvalue weighted by Gasteiger charge is -2.17. The van der Waals surface area contributed by atoms with Gasteiger partial charge in [-0.3, -0.25) is 9.59 Å². The number of benzene rings is 3. The molecule has 6 nitrogen and oxygen atoms in total. The van der Waals surface area contributed by atoms with E-state index < -0.39 is 17.9 Å². The summed E-state index contributed by atoms with van der Waals surface area (Å²) < 4.78 is 0.595. The van der Waals surface area contributed by atoms with E-state index in [1.54, 1.807) is 74.5 Å². The highest BCUT2D eigenvalue weighted by molar-refractivity contribution is 9.10. The van der Waals surface area contributed by atoms with Gasteiger partial charge in [-0.25, -0.2) is 4.79 Å². The Morgan fingerprint density at radius 1 is 0.909 bits per heavy atom. The Morgan fingerprint density at radius 3 is 2.09 bits per heavy atom. The summed E-state index contributed by atoms with van der Waals surface area (Å²) in [5.41, 5.74) is 3.54. The third-order valence-corrected chi connectivity index (χ3v) is 6.13. The number of aliphatic carboxylic acids is 1. The molecule has 3 aromatic rings. The molecule has 170 valence electrons. The van der Waals surface area contributed by atoms with Crippen molar-refractivity contribution in [2.45, 2.75) is 26.3 Å². The smallest absolute Gasteiger partial charge is 0.326 e. The summed E-state index contributed by atoms with van der Waals surface area (Å²) in [5.74, 6) is -1.93. The molecule has 0 radical (unpaired) electrons. The zero-order valence-electron chi connectivity index (χ0n) is 18.0. The molecule has 0 aliphatic rings. The molecule has 3 aromatic carbocycles. The van der Waals surface area contributed by atoms with E-state index in [4.69, 9.17) is 11.6 Å². The van der Waals surface area contributed by atoms with E-state index in [0.29, 0.717) is 31.9 Å². The van der Waals surface area contributed by atoms with E-state index in [9.17, 15) is 19.5 Å². The second kappa shape index (κ2) is 10.6. The summed E-state index contributed by atoms with van der Waals surface area (Å²) in [7, 11) is 0. The fourth-order valence-corrected chi connectivity index (χ4v) is 4.38.